The lowest BCUT2D eigenvalue weighted by molar-refractivity contribution is 0.256. The van der Waals surface area contributed by atoms with Crippen LogP contribution in [0.15, 0.2) is 12.3 Å². The quantitative estimate of drug-likeness (QED) is 0.639. The Kier molecular flexibility index (Phi) is 3.30. The summed E-state index contributed by atoms with van der Waals surface area (Å²) in [4.78, 5) is 0. The zero-order chi connectivity index (χ0) is 7.23. The van der Waals surface area contributed by atoms with E-state index in [2.05, 4.69) is 29.6 Å². The molecule has 0 aliphatic carbocycles. The van der Waals surface area contributed by atoms with Gasteiger partial charge in [-0.25, -0.2) is 5.43 Å². The summed E-state index contributed by atoms with van der Waals surface area (Å²) < 4.78 is 0. The minimum absolute atomic E-state index is 1.10. The molecule has 2 nitrogen and oxygen atoms in total. The first-order chi connectivity index (χ1) is 4.93. The molecule has 0 radical (unpaired) electrons. The summed E-state index contributed by atoms with van der Waals surface area (Å²) in [5.74, 6) is 0. The third-order valence-electron chi connectivity index (χ3n) is 1.66. The Bertz CT molecular complexity index is 110. The van der Waals surface area contributed by atoms with E-state index in [-0.39, 0.29) is 0 Å². The van der Waals surface area contributed by atoms with Crippen molar-refractivity contribution in [2.75, 3.05) is 13.1 Å². The Labute approximate surface area is 62.9 Å². The first kappa shape index (κ1) is 7.61. The highest BCUT2D eigenvalue weighted by Gasteiger charge is 1.99. The third-order valence-corrected chi connectivity index (χ3v) is 1.66. The molecule has 0 fully saturated rings. The second-order valence-electron chi connectivity index (χ2n) is 2.63. The van der Waals surface area contributed by atoms with E-state index in [1.165, 1.54) is 19.3 Å². The Morgan fingerprint density at radius 2 is 2.50 bits per heavy atom. The summed E-state index contributed by atoms with van der Waals surface area (Å²) in [6, 6.07) is 0. The van der Waals surface area contributed by atoms with Gasteiger partial charge in [0.1, 0.15) is 0 Å². The third kappa shape index (κ3) is 2.40. The minimum atomic E-state index is 1.10. The fourth-order valence-electron chi connectivity index (χ4n) is 1.03. The number of nitrogens with zero attached hydrogens (tertiary/aromatic N) is 1. The maximum absolute atomic E-state index is 3.30. The van der Waals surface area contributed by atoms with Crippen molar-refractivity contribution < 1.29 is 0 Å². The molecular formula is C8H16N2. The van der Waals surface area contributed by atoms with E-state index in [1.807, 2.05) is 0 Å². The van der Waals surface area contributed by atoms with Gasteiger partial charge in [0.25, 0.3) is 0 Å². The van der Waals surface area contributed by atoms with Crippen molar-refractivity contribution in [3.63, 3.8) is 0 Å². The lowest BCUT2D eigenvalue weighted by atomic mass is 10.3. The van der Waals surface area contributed by atoms with E-state index in [0.717, 1.165) is 13.1 Å². The van der Waals surface area contributed by atoms with Gasteiger partial charge in [-0.2, -0.15) is 0 Å². The highest BCUT2D eigenvalue weighted by Crippen LogP contribution is 1.97. The van der Waals surface area contributed by atoms with Gasteiger partial charge in [0.2, 0.25) is 0 Å². The average molecular weight is 140 g/mol. The predicted octanol–water partition coefficient (Wildman–Crippen LogP) is 1.51. The zero-order valence-electron chi connectivity index (χ0n) is 6.64. The zero-order valence-corrected chi connectivity index (χ0v) is 6.64. The molecule has 0 aromatic heterocycles. The molecule has 1 heterocycles. The van der Waals surface area contributed by atoms with Crippen molar-refractivity contribution in [3.8, 4) is 0 Å². The predicted molar refractivity (Wildman–Crippen MR) is 43.4 cm³/mol. The summed E-state index contributed by atoms with van der Waals surface area (Å²) >= 11 is 0. The summed E-state index contributed by atoms with van der Waals surface area (Å²) in [6.07, 6.45) is 8.07. The standard InChI is InChI=1S/C8H16N2/c1-2-3-7-10-8-5-4-6-9-10/h5,8-9H,2-4,6-7H2,1H3. The van der Waals surface area contributed by atoms with Gasteiger partial charge in [-0.3, -0.25) is 0 Å². The molecule has 0 aromatic rings. The van der Waals surface area contributed by atoms with Crippen LogP contribution in [0.25, 0.3) is 0 Å². The molecule has 0 amide bonds. The van der Waals surface area contributed by atoms with Crippen LogP contribution in [0.1, 0.15) is 26.2 Å². The van der Waals surface area contributed by atoms with E-state index >= 15 is 0 Å². The van der Waals surface area contributed by atoms with Crippen LogP contribution in [0.4, 0.5) is 0 Å². The van der Waals surface area contributed by atoms with Crippen LogP contribution in [0, 0.1) is 0 Å². The SMILES string of the molecule is CCCCN1C=CCCN1. The summed E-state index contributed by atoms with van der Waals surface area (Å²) in [5, 5.41) is 2.17. The molecule has 1 aliphatic heterocycles. The number of hydrogen-bond donors (Lipinski definition) is 1. The van der Waals surface area contributed by atoms with Crippen molar-refractivity contribution in [1.29, 1.82) is 0 Å². The lowest BCUT2D eigenvalue weighted by Crippen LogP contribution is -2.36. The van der Waals surface area contributed by atoms with Crippen LogP contribution >= 0.6 is 0 Å². The topological polar surface area (TPSA) is 15.3 Å². The molecule has 2 heteroatoms. The van der Waals surface area contributed by atoms with Gasteiger partial charge < -0.3 is 5.01 Å². The number of hydrazine groups is 1. The maximum atomic E-state index is 3.30. The van der Waals surface area contributed by atoms with Crippen molar-refractivity contribution >= 4 is 0 Å². The van der Waals surface area contributed by atoms with Crippen LogP contribution in [0.3, 0.4) is 0 Å². The minimum Gasteiger partial charge on any atom is -0.316 e. The molecule has 0 unspecified atom stereocenters. The number of rotatable bonds is 3. The van der Waals surface area contributed by atoms with Crippen molar-refractivity contribution in [2.24, 2.45) is 0 Å². The number of hydrogen-bond acceptors (Lipinski definition) is 2. The van der Waals surface area contributed by atoms with Crippen LogP contribution < -0.4 is 5.43 Å². The van der Waals surface area contributed by atoms with Crippen LogP contribution in [0.2, 0.25) is 0 Å². The molecule has 10 heavy (non-hydrogen) atoms. The number of nitrogens with one attached hydrogen (secondary N) is 1. The Balaban J connectivity index is 2.13. The van der Waals surface area contributed by atoms with E-state index in [9.17, 15) is 0 Å². The summed E-state index contributed by atoms with van der Waals surface area (Å²) in [5.41, 5.74) is 3.30. The Morgan fingerprint density at radius 3 is 3.10 bits per heavy atom. The van der Waals surface area contributed by atoms with Gasteiger partial charge >= 0.3 is 0 Å². The van der Waals surface area contributed by atoms with Gasteiger partial charge in [-0.15, -0.1) is 0 Å². The molecule has 1 rings (SSSR count). The molecular weight excluding hydrogens is 124 g/mol. The Hall–Kier alpha value is -0.500. The molecule has 0 spiro atoms. The molecule has 58 valence electrons. The maximum Gasteiger partial charge on any atom is 0.0337 e. The summed E-state index contributed by atoms with van der Waals surface area (Å²) in [6.45, 7) is 4.46. The molecule has 0 atom stereocenters. The first-order valence-electron chi connectivity index (χ1n) is 4.10. The fraction of sp³-hybridized carbons (Fsp3) is 0.750. The molecule has 0 saturated carbocycles. The van der Waals surface area contributed by atoms with Crippen LogP contribution in [-0.4, -0.2) is 18.1 Å². The highest BCUT2D eigenvalue weighted by atomic mass is 15.5. The average Bonchev–Trinajstić information content (AvgIpc) is 2.03. The van der Waals surface area contributed by atoms with Crippen LogP contribution in [-0.2, 0) is 0 Å². The lowest BCUT2D eigenvalue weighted by Gasteiger charge is -2.23. The van der Waals surface area contributed by atoms with Gasteiger partial charge in [-0.1, -0.05) is 19.4 Å². The molecule has 0 saturated heterocycles. The van der Waals surface area contributed by atoms with Gasteiger partial charge in [-0.05, 0) is 12.8 Å². The normalized spacial score (nSPS) is 17.9. The van der Waals surface area contributed by atoms with Crippen molar-refractivity contribution in [3.05, 3.63) is 12.3 Å². The van der Waals surface area contributed by atoms with Gasteiger partial charge in [0.15, 0.2) is 0 Å². The second kappa shape index (κ2) is 4.34. The molecule has 1 N–H and O–H groups in total. The van der Waals surface area contributed by atoms with E-state index < -0.39 is 0 Å². The molecule has 0 aromatic carbocycles. The van der Waals surface area contributed by atoms with Gasteiger partial charge in [0, 0.05) is 19.3 Å². The Morgan fingerprint density at radius 1 is 1.60 bits per heavy atom. The molecule has 1 aliphatic rings. The van der Waals surface area contributed by atoms with Crippen molar-refractivity contribution in [1.82, 2.24) is 10.4 Å². The monoisotopic (exact) mass is 140 g/mol. The molecule has 0 bridgehead atoms. The van der Waals surface area contributed by atoms with Crippen LogP contribution in [0.5, 0.6) is 0 Å². The second-order valence-corrected chi connectivity index (χ2v) is 2.63. The van der Waals surface area contributed by atoms with Gasteiger partial charge in [0.05, 0.1) is 0 Å². The van der Waals surface area contributed by atoms with E-state index in [1.54, 1.807) is 0 Å². The highest BCUT2D eigenvalue weighted by molar-refractivity contribution is 4.85. The van der Waals surface area contributed by atoms with E-state index in [0.29, 0.717) is 0 Å². The largest absolute Gasteiger partial charge is 0.316 e. The summed E-state index contributed by atoms with van der Waals surface area (Å²) in [7, 11) is 0. The van der Waals surface area contributed by atoms with E-state index in [4.69, 9.17) is 0 Å². The smallest absolute Gasteiger partial charge is 0.0337 e. The number of unbranched alkanes of at least 4 members (excludes halogenated alkanes) is 1. The van der Waals surface area contributed by atoms with Crippen molar-refractivity contribution in [2.45, 2.75) is 26.2 Å². The first-order valence-corrected chi connectivity index (χ1v) is 4.10. The fourth-order valence-corrected chi connectivity index (χ4v) is 1.03.